The number of carbonyl (C=O) groups excluding carboxylic acids is 1. The Hall–Kier alpha value is -4.27. The molecule has 2 amide bonds. The van der Waals surface area contributed by atoms with Crippen LogP contribution in [0.3, 0.4) is 0 Å². The first-order valence-electron chi connectivity index (χ1n) is 9.44. The number of aromatic nitrogens is 4. The molecule has 156 valence electrons. The lowest BCUT2D eigenvalue weighted by Gasteiger charge is -2.10. The van der Waals surface area contributed by atoms with Gasteiger partial charge in [-0.3, -0.25) is 0 Å². The molecule has 8 nitrogen and oxygen atoms in total. The minimum absolute atomic E-state index is 0.0992. The van der Waals surface area contributed by atoms with Crippen molar-refractivity contribution in [3.05, 3.63) is 84.2 Å². The average Bonchev–Trinajstić information content (AvgIpc) is 3.09. The van der Waals surface area contributed by atoms with E-state index >= 15 is 0 Å². The maximum atomic E-state index is 13.6. The van der Waals surface area contributed by atoms with Gasteiger partial charge in [-0.15, -0.1) is 0 Å². The zero-order valence-electron chi connectivity index (χ0n) is 16.8. The van der Waals surface area contributed by atoms with Crippen LogP contribution in [0.1, 0.15) is 11.4 Å². The molecule has 2 aromatic heterocycles. The fourth-order valence-electron chi connectivity index (χ4n) is 2.94. The number of carbonyl (C=O) groups is 1. The van der Waals surface area contributed by atoms with E-state index in [1.165, 1.54) is 18.5 Å². The molecule has 0 bridgehead atoms. The minimum Gasteiger partial charge on any atom is -0.439 e. The lowest BCUT2D eigenvalue weighted by molar-refractivity contribution is 0.262. The summed E-state index contributed by atoms with van der Waals surface area (Å²) >= 11 is 0. The molecule has 31 heavy (non-hydrogen) atoms. The maximum absolute atomic E-state index is 13.6. The average molecular weight is 418 g/mol. The third-order valence-corrected chi connectivity index (χ3v) is 4.31. The van der Waals surface area contributed by atoms with Crippen LogP contribution >= 0.6 is 0 Å². The van der Waals surface area contributed by atoms with Gasteiger partial charge in [0.25, 0.3) is 0 Å². The molecule has 2 heterocycles. The van der Waals surface area contributed by atoms with Gasteiger partial charge < -0.3 is 15.4 Å². The van der Waals surface area contributed by atoms with Crippen molar-refractivity contribution >= 4 is 17.4 Å². The van der Waals surface area contributed by atoms with Gasteiger partial charge in [-0.25, -0.2) is 23.8 Å². The van der Waals surface area contributed by atoms with E-state index < -0.39 is 11.8 Å². The molecule has 0 fully saturated rings. The lowest BCUT2D eigenvalue weighted by Crippen LogP contribution is -2.20. The Balaban J connectivity index is 1.41. The van der Waals surface area contributed by atoms with Crippen molar-refractivity contribution in [1.82, 2.24) is 19.7 Å². The van der Waals surface area contributed by atoms with Crippen molar-refractivity contribution < 1.29 is 13.9 Å². The highest BCUT2D eigenvalue weighted by atomic mass is 19.1. The number of ether oxygens (including phenoxy) is 1. The lowest BCUT2D eigenvalue weighted by atomic mass is 10.3. The van der Waals surface area contributed by atoms with Gasteiger partial charge in [0.2, 0.25) is 5.88 Å². The van der Waals surface area contributed by atoms with E-state index in [1.54, 1.807) is 47.1 Å². The number of aryl methyl sites for hydroxylation is 2. The first-order valence-corrected chi connectivity index (χ1v) is 9.44. The van der Waals surface area contributed by atoms with Crippen molar-refractivity contribution in [3.63, 3.8) is 0 Å². The predicted molar refractivity (Wildman–Crippen MR) is 114 cm³/mol. The third-order valence-electron chi connectivity index (χ3n) is 4.31. The monoisotopic (exact) mass is 418 g/mol. The van der Waals surface area contributed by atoms with Crippen LogP contribution < -0.4 is 15.4 Å². The van der Waals surface area contributed by atoms with E-state index in [0.717, 1.165) is 11.4 Å². The van der Waals surface area contributed by atoms with Crippen molar-refractivity contribution in [2.45, 2.75) is 13.8 Å². The number of hydrogen-bond donors (Lipinski definition) is 2. The maximum Gasteiger partial charge on any atom is 0.323 e. The Labute approximate surface area is 177 Å². The molecule has 0 spiro atoms. The first kappa shape index (κ1) is 20.0. The Kier molecular flexibility index (Phi) is 5.57. The highest BCUT2D eigenvalue weighted by Crippen LogP contribution is 2.23. The van der Waals surface area contributed by atoms with E-state index in [9.17, 15) is 9.18 Å². The molecule has 0 unspecified atom stereocenters. The van der Waals surface area contributed by atoms with Gasteiger partial charge in [-0.05, 0) is 56.3 Å². The number of anilines is 2. The summed E-state index contributed by atoms with van der Waals surface area (Å²) in [5.41, 5.74) is 2.46. The van der Waals surface area contributed by atoms with Crippen molar-refractivity contribution in [2.24, 2.45) is 0 Å². The molecule has 9 heteroatoms. The number of hydrogen-bond acceptors (Lipinski definition) is 5. The third kappa shape index (κ3) is 4.84. The number of halogens is 1. The molecule has 2 aromatic carbocycles. The number of rotatable bonds is 5. The van der Waals surface area contributed by atoms with Crippen LogP contribution in [0.2, 0.25) is 0 Å². The zero-order valence-corrected chi connectivity index (χ0v) is 16.8. The van der Waals surface area contributed by atoms with E-state index in [0.29, 0.717) is 23.1 Å². The predicted octanol–water partition coefficient (Wildman–Crippen LogP) is 4.85. The van der Waals surface area contributed by atoms with Gasteiger partial charge >= 0.3 is 6.03 Å². The van der Waals surface area contributed by atoms with E-state index in [4.69, 9.17) is 4.74 Å². The Morgan fingerprint density at radius 1 is 1.00 bits per heavy atom. The molecule has 0 saturated heterocycles. The molecular formula is C22H19FN6O2. The summed E-state index contributed by atoms with van der Waals surface area (Å²) in [4.78, 5) is 20.4. The highest BCUT2D eigenvalue weighted by Gasteiger charge is 2.09. The van der Waals surface area contributed by atoms with Gasteiger partial charge in [-0.1, -0.05) is 12.1 Å². The minimum atomic E-state index is -0.552. The second-order valence-corrected chi connectivity index (χ2v) is 6.74. The number of amides is 2. The summed E-state index contributed by atoms with van der Waals surface area (Å²) in [5, 5.41) is 9.50. The zero-order chi connectivity index (χ0) is 21.8. The molecular weight excluding hydrogens is 399 g/mol. The van der Waals surface area contributed by atoms with Gasteiger partial charge in [0.05, 0.1) is 11.4 Å². The van der Waals surface area contributed by atoms with Crippen LogP contribution in [-0.4, -0.2) is 25.8 Å². The summed E-state index contributed by atoms with van der Waals surface area (Å²) in [7, 11) is 0. The smallest absolute Gasteiger partial charge is 0.323 e. The van der Waals surface area contributed by atoms with Crippen LogP contribution in [0.15, 0.2) is 67.0 Å². The van der Waals surface area contributed by atoms with Crippen LogP contribution in [0.25, 0.3) is 5.82 Å². The molecule has 0 aliphatic carbocycles. The molecule has 0 aliphatic rings. The molecule has 0 radical (unpaired) electrons. The summed E-state index contributed by atoms with van der Waals surface area (Å²) in [5.74, 6) is 0.971. The molecule has 4 aromatic rings. The van der Waals surface area contributed by atoms with Crippen molar-refractivity contribution in [2.75, 3.05) is 10.6 Å². The summed E-state index contributed by atoms with van der Waals surface area (Å²) < 4.78 is 21.1. The Bertz CT molecular complexity index is 1220. The summed E-state index contributed by atoms with van der Waals surface area (Å²) in [6, 6.07) is 15.7. The van der Waals surface area contributed by atoms with Crippen LogP contribution in [-0.2, 0) is 0 Å². The molecule has 2 N–H and O–H groups in total. The summed E-state index contributed by atoms with van der Waals surface area (Å²) in [6.45, 7) is 3.85. The van der Waals surface area contributed by atoms with Crippen molar-refractivity contribution in [1.29, 1.82) is 0 Å². The normalized spacial score (nSPS) is 10.5. The van der Waals surface area contributed by atoms with Crippen molar-refractivity contribution in [3.8, 4) is 17.4 Å². The number of para-hydroxylation sites is 1. The summed E-state index contributed by atoms with van der Waals surface area (Å²) in [6.07, 6.45) is 1.41. The topological polar surface area (TPSA) is 94.0 Å². The fraction of sp³-hybridized carbons (Fsp3) is 0.0909. The standard InChI is InChI=1S/C22H19FN6O2/c1-14-11-15(2)29(28-14)20-12-21(25-13-24-20)31-17-9-7-16(8-10-17)26-22(30)27-19-6-4-3-5-18(19)23/h3-13H,1-2H3,(H2,26,27,30). The number of nitrogens with one attached hydrogen (secondary N) is 2. The Morgan fingerprint density at radius 2 is 1.77 bits per heavy atom. The van der Waals surface area contributed by atoms with Crippen LogP contribution in [0, 0.1) is 19.7 Å². The van der Waals surface area contributed by atoms with Gasteiger partial charge in [0, 0.05) is 17.4 Å². The number of nitrogens with zero attached hydrogens (tertiary/aromatic N) is 4. The molecule has 0 atom stereocenters. The van der Waals surface area contributed by atoms with Gasteiger partial charge in [0.1, 0.15) is 17.9 Å². The molecule has 0 aliphatic heterocycles. The second-order valence-electron chi connectivity index (χ2n) is 6.74. The van der Waals surface area contributed by atoms with Gasteiger partial charge in [0.15, 0.2) is 5.82 Å². The van der Waals surface area contributed by atoms with Crippen LogP contribution in [0.4, 0.5) is 20.6 Å². The van der Waals surface area contributed by atoms with E-state index in [-0.39, 0.29) is 5.69 Å². The van der Waals surface area contributed by atoms with E-state index in [2.05, 4.69) is 25.7 Å². The van der Waals surface area contributed by atoms with Crippen LogP contribution in [0.5, 0.6) is 11.6 Å². The highest BCUT2D eigenvalue weighted by molar-refractivity contribution is 5.99. The Morgan fingerprint density at radius 3 is 2.48 bits per heavy atom. The number of urea groups is 1. The molecule has 4 rings (SSSR count). The van der Waals surface area contributed by atoms with E-state index in [1.807, 2.05) is 19.9 Å². The van der Waals surface area contributed by atoms with Gasteiger partial charge in [-0.2, -0.15) is 5.10 Å². The first-order chi connectivity index (χ1) is 15.0. The largest absolute Gasteiger partial charge is 0.439 e. The SMILES string of the molecule is Cc1cc(C)n(-c2cc(Oc3ccc(NC(=O)Nc4ccccc4F)cc3)ncn2)n1. The number of benzene rings is 2. The second kappa shape index (κ2) is 8.62. The fourth-order valence-corrected chi connectivity index (χ4v) is 2.94. The molecule has 0 saturated carbocycles. The quantitative estimate of drug-likeness (QED) is 0.483.